The van der Waals surface area contributed by atoms with Crippen molar-refractivity contribution in [3.8, 4) is 5.75 Å². The molecule has 0 aliphatic carbocycles. The van der Waals surface area contributed by atoms with E-state index in [1.54, 1.807) is 7.11 Å². The molecule has 0 unspecified atom stereocenters. The number of benzene rings is 1. The van der Waals surface area contributed by atoms with Gasteiger partial charge in [-0.05, 0) is 24.1 Å². The quantitative estimate of drug-likeness (QED) is 0.829. The van der Waals surface area contributed by atoms with Crippen molar-refractivity contribution in [2.45, 2.75) is 25.9 Å². The second-order valence-electron chi connectivity index (χ2n) is 8.46. The number of hydrogen-bond acceptors (Lipinski definition) is 5. The maximum atomic E-state index is 11.4. The van der Waals surface area contributed by atoms with E-state index >= 15 is 0 Å². The van der Waals surface area contributed by atoms with Crippen LogP contribution in [0.1, 0.15) is 25.8 Å². The molecular weight excluding hydrogens is 340 g/mol. The largest absolute Gasteiger partial charge is 0.497 e. The molecule has 5 nitrogen and oxygen atoms in total. The van der Waals surface area contributed by atoms with Crippen LogP contribution in [0.15, 0.2) is 30.3 Å². The third kappa shape index (κ3) is 5.11. The highest BCUT2D eigenvalue weighted by atomic mass is 16.5. The van der Waals surface area contributed by atoms with E-state index in [2.05, 4.69) is 47.9 Å². The molecule has 0 bridgehead atoms. The van der Waals surface area contributed by atoms with Gasteiger partial charge in [0.25, 0.3) is 0 Å². The lowest BCUT2D eigenvalue weighted by Gasteiger charge is -2.52. The Labute approximate surface area is 163 Å². The fourth-order valence-electron chi connectivity index (χ4n) is 4.10. The van der Waals surface area contributed by atoms with Gasteiger partial charge in [-0.25, -0.2) is 0 Å². The molecule has 2 aliphatic heterocycles. The van der Waals surface area contributed by atoms with Gasteiger partial charge in [0.2, 0.25) is 0 Å². The first kappa shape index (κ1) is 20.3. The molecule has 2 fully saturated rings. The molecule has 1 aromatic rings. The summed E-state index contributed by atoms with van der Waals surface area (Å²) in [6.45, 7) is 11.3. The summed E-state index contributed by atoms with van der Waals surface area (Å²) >= 11 is 0. The van der Waals surface area contributed by atoms with Gasteiger partial charge in [-0.3, -0.25) is 9.80 Å². The van der Waals surface area contributed by atoms with Gasteiger partial charge in [-0.1, -0.05) is 38.1 Å². The van der Waals surface area contributed by atoms with Crippen LogP contribution in [0, 0.1) is 5.41 Å². The Kier molecular flexibility index (Phi) is 6.58. The van der Waals surface area contributed by atoms with E-state index in [0.717, 1.165) is 64.7 Å². The predicted octanol–water partition coefficient (Wildman–Crippen LogP) is 2.50. The van der Waals surface area contributed by atoms with E-state index in [1.807, 2.05) is 12.1 Å². The number of rotatable bonds is 6. The van der Waals surface area contributed by atoms with Gasteiger partial charge in [-0.15, -0.1) is 0 Å². The van der Waals surface area contributed by atoms with Crippen LogP contribution in [0.2, 0.25) is 0 Å². The van der Waals surface area contributed by atoms with Crippen LogP contribution >= 0.6 is 0 Å². The highest BCUT2D eigenvalue weighted by Crippen LogP contribution is 2.39. The minimum Gasteiger partial charge on any atom is -0.497 e. The van der Waals surface area contributed by atoms with Crippen molar-refractivity contribution in [2.24, 2.45) is 5.41 Å². The molecule has 2 saturated heterocycles. The number of hydrogen-bond donors (Lipinski definition) is 1. The van der Waals surface area contributed by atoms with Gasteiger partial charge in [0, 0.05) is 44.7 Å². The average molecular weight is 375 g/mol. The lowest BCUT2D eigenvalue weighted by molar-refractivity contribution is -0.138. The van der Waals surface area contributed by atoms with Crippen LogP contribution in [0.25, 0.3) is 6.08 Å². The lowest BCUT2D eigenvalue weighted by Crippen LogP contribution is -2.62. The maximum Gasteiger partial charge on any atom is 0.118 e. The Balaban J connectivity index is 1.53. The van der Waals surface area contributed by atoms with Crippen molar-refractivity contribution >= 4 is 6.08 Å². The van der Waals surface area contributed by atoms with Gasteiger partial charge < -0.3 is 14.6 Å². The van der Waals surface area contributed by atoms with Crippen LogP contribution in [0.3, 0.4) is 0 Å². The van der Waals surface area contributed by atoms with Crippen LogP contribution in [0.5, 0.6) is 5.75 Å². The number of ether oxygens (including phenoxy) is 2. The fraction of sp³-hybridized carbons (Fsp3) is 0.636. The molecule has 1 atom stereocenters. The van der Waals surface area contributed by atoms with Crippen molar-refractivity contribution in [1.29, 1.82) is 0 Å². The summed E-state index contributed by atoms with van der Waals surface area (Å²) in [6, 6.07) is 8.10. The van der Waals surface area contributed by atoms with Crippen molar-refractivity contribution in [3.05, 3.63) is 35.9 Å². The van der Waals surface area contributed by atoms with E-state index in [1.165, 1.54) is 5.56 Å². The molecule has 0 saturated carbocycles. The second-order valence-corrected chi connectivity index (χ2v) is 8.46. The zero-order valence-corrected chi connectivity index (χ0v) is 17.0. The summed E-state index contributed by atoms with van der Waals surface area (Å²) in [5, 5.41) is 11.4. The number of aliphatic hydroxyl groups is 1. The number of nitrogens with zero attached hydrogens (tertiary/aromatic N) is 2. The van der Waals surface area contributed by atoms with Gasteiger partial charge in [0.05, 0.1) is 25.9 Å². The molecule has 1 aromatic carbocycles. The summed E-state index contributed by atoms with van der Waals surface area (Å²) in [7, 11) is 1.68. The first-order valence-electron chi connectivity index (χ1n) is 9.97. The molecule has 27 heavy (non-hydrogen) atoms. The SMILES string of the molecule is COc1ccc(/C=C/CN2CC[C@](O)(CN3CCOCC3)C(C)(C)C2)cc1. The molecule has 0 aromatic heterocycles. The van der Waals surface area contributed by atoms with Crippen molar-refractivity contribution in [1.82, 2.24) is 9.80 Å². The summed E-state index contributed by atoms with van der Waals surface area (Å²) in [4.78, 5) is 4.79. The van der Waals surface area contributed by atoms with Crippen molar-refractivity contribution < 1.29 is 14.6 Å². The van der Waals surface area contributed by atoms with Crippen LogP contribution in [-0.4, -0.2) is 80.1 Å². The van der Waals surface area contributed by atoms with E-state index in [9.17, 15) is 5.11 Å². The lowest BCUT2D eigenvalue weighted by atomic mass is 9.69. The Morgan fingerprint density at radius 1 is 1.11 bits per heavy atom. The van der Waals surface area contributed by atoms with Gasteiger partial charge >= 0.3 is 0 Å². The highest BCUT2D eigenvalue weighted by molar-refractivity contribution is 5.50. The maximum absolute atomic E-state index is 11.4. The molecule has 150 valence electrons. The molecular formula is C22H34N2O3. The number of morpholine rings is 1. The summed E-state index contributed by atoms with van der Waals surface area (Å²) in [5.41, 5.74) is 0.397. The molecule has 0 radical (unpaired) electrons. The Morgan fingerprint density at radius 3 is 2.44 bits per heavy atom. The summed E-state index contributed by atoms with van der Waals surface area (Å²) < 4.78 is 10.6. The molecule has 3 rings (SSSR count). The van der Waals surface area contributed by atoms with Gasteiger partial charge in [-0.2, -0.15) is 0 Å². The third-order valence-corrected chi connectivity index (χ3v) is 6.10. The van der Waals surface area contributed by atoms with E-state index in [0.29, 0.717) is 0 Å². The summed E-state index contributed by atoms with van der Waals surface area (Å²) in [5.74, 6) is 0.879. The van der Waals surface area contributed by atoms with Gasteiger partial charge in [0.1, 0.15) is 5.75 Å². The normalized spacial score (nSPS) is 27.1. The number of β-amino-alcohol motifs (C(OH)–C–C–N with tert-alkyl or cyclic N) is 1. The third-order valence-electron chi connectivity index (χ3n) is 6.10. The average Bonchev–Trinajstić information content (AvgIpc) is 2.66. The zero-order chi connectivity index (χ0) is 19.3. The Morgan fingerprint density at radius 2 is 1.81 bits per heavy atom. The van der Waals surface area contributed by atoms with Crippen LogP contribution < -0.4 is 4.74 Å². The topological polar surface area (TPSA) is 45.2 Å². The van der Waals surface area contributed by atoms with E-state index in [-0.39, 0.29) is 5.41 Å². The smallest absolute Gasteiger partial charge is 0.118 e. The second kappa shape index (κ2) is 8.74. The van der Waals surface area contributed by atoms with Gasteiger partial charge in [0.15, 0.2) is 0 Å². The van der Waals surface area contributed by atoms with Crippen LogP contribution in [0.4, 0.5) is 0 Å². The van der Waals surface area contributed by atoms with Crippen molar-refractivity contribution in [2.75, 3.05) is 59.6 Å². The molecule has 0 spiro atoms. The monoisotopic (exact) mass is 374 g/mol. The molecule has 2 aliphatic rings. The summed E-state index contributed by atoms with van der Waals surface area (Å²) in [6.07, 6.45) is 5.18. The number of likely N-dealkylation sites (tertiary alicyclic amines) is 1. The Hall–Kier alpha value is -1.40. The highest BCUT2D eigenvalue weighted by Gasteiger charge is 2.48. The number of piperidine rings is 1. The molecule has 1 N–H and O–H groups in total. The molecule has 2 heterocycles. The minimum absolute atomic E-state index is 0.141. The first-order chi connectivity index (χ1) is 12.9. The minimum atomic E-state index is -0.638. The first-order valence-corrected chi connectivity index (χ1v) is 9.97. The van der Waals surface area contributed by atoms with Crippen molar-refractivity contribution in [3.63, 3.8) is 0 Å². The van der Waals surface area contributed by atoms with E-state index in [4.69, 9.17) is 9.47 Å². The number of methoxy groups -OCH3 is 1. The fourth-order valence-corrected chi connectivity index (χ4v) is 4.10. The van der Waals surface area contributed by atoms with E-state index < -0.39 is 5.60 Å². The standard InChI is InChI=1S/C22H34N2O3/c1-21(2)17-23(11-4-5-19-6-8-20(26-3)9-7-19)12-10-22(21,25)18-24-13-15-27-16-14-24/h4-9,25H,10-18H2,1-3H3/b5-4+/t22-/m0/s1. The molecule has 5 heteroatoms. The molecule has 0 amide bonds. The Bertz CT molecular complexity index is 623. The van der Waals surface area contributed by atoms with Crippen LogP contribution in [-0.2, 0) is 4.74 Å². The zero-order valence-electron chi connectivity index (χ0n) is 17.0. The predicted molar refractivity (Wildman–Crippen MR) is 109 cm³/mol.